The minimum atomic E-state index is -0.239. The van der Waals surface area contributed by atoms with E-state index in [4.69, 9.17) is 4.74 Å². The smallest absolute Gasteiger partial charge is 0.124 e. The first-order valence-corrected chi connectivity index (χ1v) is 6.30. The predicted molar refractivity (Wildman–Crippen MR) is 68.3 cm³/mol. The average molecular weight is 290 g/mol. The molecule has 1 aromatic carbocycles. The number of hydrogen-bond acceptors (Lipinski definition) is 2. The molecule has 0 aromatic heterocycles. The average Bonchev–Trinajstić information content (AvgIpc) is 2.26. The van der Waals surface area contributed by atoms with Crippen molar-refractivity contribution < 1.29 is 9.13 Å². The number of unbranched alkanes of at least 4 members (excludes halogenated alkanes) is 1. The van der Waals surface area contributed by atoms with Crippen molar-refractivity contribution in [3.05, 3.63) is 28.5 Å². The minimum absolute atomic E-state index is 0.239. The lowest BCUT2D eigenvalue weighted by Crippen LogP contribution is -2.10. The largest absolute Gasteiger partial charge is 0.382 e. The van der Waals surface area contributed by atoms with Crippen molar-refractivity contribution in [3.8, 4) is 0 Å². The normalized spacial score (nSPS) is 10.4. The molecule has 1 N–H and O–H groups in total. The Labute approximate surface area is 104 Å². The van der Waals surface area contributed by atoms with Gasteiger partial charge in [-0.3, -0.25) is 0 Å². The van der Waals surface area contributed by atoms with Crippen LogP contribution in [0.2, 0.25) is 0 Å². The Morgan fingerprint density at radius 2 is 2.19 bits per heavy atom. The summed E-state index contributed by atoms with van der Waals surface area (Å²) in [6.45, 7) is 4.35. The van der Waals surface area contributed by atoms with Gasteiger partial charge >= 0.3 is 0 Å². The van der Waals surface area contributed by atoms with Crippen molar-refractivity contribution in [2.45, 2.75) is 19.8 Å². The van der Waals surface area contributed by atoms with Crippen LogP contribution in [0.4, 0.5) is 10.1 Å². The molecular formula is C12H17BrFNO. The topological polar surface area (TPSA) is 21.3 Å². The third kappa shape index (κ3) is 4.94. The van der Waals surface area contributed by atoms with Crippen LogP contribution in [0.15, 0.2) is 22.7 Å². The molecule has 2 nitrogen and oxygen atoms in total. The summed E-state index contributed by atoms with van der Waals surface area (Å²) in [5.74, 6) is -0.239. The lowest BCUT2D eigenvalue weighted by Gasteiger charge is -2.08. The Kier molecular flexibility index (Phi) is 6.42. The fourth-order valence-corrected chi connectivity index (χ4v) is 1.73. The number of anilines is 1. The van der Waals surface area contributed by atoms with Crippen molar-refractivity contribution in [1.82, 2.24) is 0 Å². The third-order valence-corrected chi connectivity index (χ3v) is 2.79. The van der Waals surface area contributed by atoms with E-state index in [1.54, 1.807) is 6.07 Å². The summed E-state index contributed by atoms with van der Waals surface area (Å²) in [7, 11) is 0. The zero-order chi connectivity index (χ0) is 11.8. The van der Waals surface area contributed by atoms with Gasteiger partial charge in [-0.05, 0) is 40.5 Å². The summed E-state index contributed by atoms with van der Waals surface area (Å²) in [5, 5.41) is 3.18. The van der Waals surface area contributed by atoms with Crippen LogP contribution in [0.5, 0.6) is 0 Å². The summed E-state index contributed by atoms with van der Waals surface area (Å²) in [6.07, 6.45) is 2.25. The second-order valence-electron chi connectivity index (χ2n) is 3.52. The van der Waals surface area contributed by atoms with Crippen molar-refractivity contribution in [1.29, 1.82) is 0 Å². The van der Waals surface area contributed by atoms with Gasteiger partial charge in [0, 0.05) is 23.3 Å². The highest BCUT2D eigenvalue weighted by Gasteiger charge is 2.00. The summed E-state index contributed by atoms with van der Waals surface area (Å²) < 4.78 is 18.9. The van der Waals surface area contributed by atoms with Gasteiger partial charge < -0.3 is 10.1 Å². The van der Waals surface area contributed by atoms with Gasteiger partial charge in [0.15, 0.2) is 0 Å². The van der Waals surface area contributed by atoms with Gasteiger partial charge in [0.05, 0.1) is 6.61 Å². The Morgan fingerprint density at radius 3 is 2.88 bits per heavy atom. The molecule has 0 aliphatic carbocycles. The Balaban J connectivity index is 2.21. The van der Waals surface area contributed by atoms with E-state index in [1.807, 2.05) is 0 Å². The number of hydrogen-bond donors (Lipinski definition) is 1. The molecule has 1 rings (SSSR count). The summed E-state index contributed by atoms with van der Waals surface area (Å²) >= 11 is 3.30. The maximum absolute atomic E-state index is 12.8. The van der Waals surface area contributed by atoms with Gasteiger partial charge in [0.2, 0.25) is 0 Å². The van der Waals surface area contributed by atoms with E-state index in [9.17, 15) is 4.39 Å². The van der Waals surface area contributed by atoms with E-state index in [1.165, 1.54) is 12.1 Å². The van der Waals surface area contributed by atoms with Crippen molar-refractivity contribution >= 4 is 21.6 Å². The van der Waals surface area contributed by atoms with Crippen LogP contribution in [-0.2, 0) is 4.74 Å². The number of halogens is 2. The van der Waals surface area contributed by atoms with E-state index in [2.05, 4.69) is 28.2 Å². The zero-order valence-corrected chi connectivity index (χ0v) is 11.0. The molecule has 0 saturated carbocycles. The molecule has 0 spiro atoms. The standard InChI is InChI=1S/C12H17BrFNO/c1-2-3-7-16-8-6-15-12-5-4-10(14)9-11(12)13/h4-5,9,15H,2-3,6-8H2,1H3. The van der Waals surface area contributed by atoms with E-state index in [0.717, 1.165) is 36.2 Å². The van der Waals surface area contributed by atoms with E-state index >= 15 is 0 Å². The van der Waals surface area contributed by atoms with Crippen LogP contribution in [0.25, 0.3) is 0 Å². The van der Waals surface area contributed by atoms with Gasteiger partial charge in [0.25, 0.3) is 0 Å². The van der Waals surface area contributed by atoms with Gasteiger partial charge in [0.1, 0.15) is 5.82 Å². The van der Waals surface area contributed by atoms with Crippen molar-refractivity contribution in [3.63, 3.8) is 0 Å². The van der Waals surface area contributed by atoms with Crippen molar-refractivity contribution in [2.24, 2.45) is 0 Å². The zero-order valence-electron chi connectivity index (χ0n) is 9.43. The van der Waals surface area contributed by atoms with Gasteiger partial charge in [-0.2, -0.15) is 0 Å². The molecule has 90 valence electrons. The van der Waals surface area contributed by atoms with Gasteiger partial charge in [-0.15, -0.1) is 0 Å². The summed E-state index contributed by atoms with van der Waals surface area (Å²) in [5.41, 5.74) is 0.889. The van der Waals surface area contributed by atoms with Gasteiger partial charge in [-0.1, -0.05) is 13.3 Å². The van der Waals surface area contributed by atoms with Crippen LogP contribution in [0.3, 0.4) is 0 Å². The van der Waals surface area contributed by atoms with Crippen LogP contribution in [-0.4, -0.2) is 19.8 Å². The van der Waals surface area contributed by atoms with E-state index < -0.39 is 0 Å². The molecule has 0 atom stereocenters. The highest BCUT2D eigenvalue weighted by Crippen LogP contribution is 2.22. The molecule has 0 aliphatic heterocycles. The van der Waals surface area contributed by atoms with Crippen LogP contribution in [0, 0.1) is 5.82 Å². The summed E-state index contributed by atoms with van der Waals surface area (Å²) in [4.78, 5) is 0. The monoisotopic (exact) mass is 289 g/mol. The first-order valence-electron chi connectivity index (χ1n) is 5.50. The molecule has 0 saturated heterocycles. The predicted octanol–water partition coefficient (Wildman–Crippen LogP) is 3.82. The van der Waals surface area contributed by atoms with Crippen molar-refractivity contribution in [2.75, 3.05) is 25.1 Å². The van der Waals surface area contributed by atoms with Gasteiger partial charge in [-0.25, -0.2) is 4.39 Å². The maximum atomic E-state index is 12.8. The molecule has 0 amide bonds. The summed E-state index contributed by atoms with van der Waals surface area (Å²) in [6, 6.07) is 4.59. The Hall–Kier alpha value is -0.610. The first kappa shape index (κ1) is 13.5. The fourth-order valence-electron chi connectivity index (χ4n) is 1.24. The lowest BCUT2D eigenvalue weighted by atomic mass is 10.3. The maximum Gasteiger partial charge on any atom is 0.124 e. The lowest BCUT2D eigenvalue weighted by molar-refractivity contribution is 0.141. The molecule has 0 heterocycles. The number of rotatable bonds is 7. The minimum Gasteiger partial charge on any atom is -0.382 e. The number of benzene rings is 1. The molecule has 16 heavy (non-hydrogen) atoms. The third-order valence-electron chi connectivity index (χ3n) is 2.14. The van der Waals surface area contributed by atoms with Crippen LogP contribution >= 0.6 is 15.9 Å². The van der Waals surface area contributed by atoms with Crippen LogP contribution in [0.1, 0.15) is 19.8 Å². The molecular weight excluding hydrogens is 273 g/mol. The molecule has 0 fully saturated rings. The molecule has 0 radical (unpaired) electrons. The fraction of sp³-hybridized carbons (Fsp3) is 0.500. The Bertz CT molecular complexity index is 320. The highest BCUT2D eigenvalue weighted by atomic mass is 79.9. The quantitative estimate of drug-likeness (QED) is 0.771. The van der Waals surface area contributed by atoms with E-state index in [0.29, 0.717) is 6.61 Å². The Morgan fingerprint density at radius 1 is 1.38 bits per heavy atom. The second-order valence-corrected chi connectivity index (χ2v) is 4.37. The number of ether oxygens (including phenoxy) is 1. The number of nitrogens with one attached hydrogen (secondary N) is 1. The first-order chi connectivity index (χ1) is 7.74. The van der Waals surface area contributed by atoms with E-state index in [-0.39, 0.29) is 5.82 Å². The molecule has 1 aromatic rings. The molecule has 0 unspecified atom stereocenters. The van der Waals surface area contributed by atoms with Crippen LogP contribution < -0.4 is 5.32 Å². The SMILES string of the molecule is CCCCOCCNc1ccc(F)cc1Br. The second kappa shape index (κ2) is 7.63. The molecule has 0 bridgehead atoms. The molecule has 4 heteroatoms. The molecule has 0 aliphatic rings. The highest BCUT2D eigenvalue weighted by molar-refractivity contribution is 9.10.